The highest BCUT2D eigenvalue weighted by Gasteiger charge is 2.31. The van der Waals surface area contributed by atoms with Crippen LogP contribution in [0.15, 0.2) is 40.6 Å². The molecule has 5 rings (SSSR count). The lowest BCUT2D eigenvalue weighted by Crippen LogP contribution is -2.35. The summed E-state index contributed by atoms with van der Waals surface area (Å²) in [6.07, 6.45) is 2.66. The van der Waals surface area contributed by atoms with E-state index < -0.39 is 0 Å². The first-order chi connectivity index (χ1) is 17.3. The van der Waals surface area contributed by atoms with Gasteiger partial charge in [0, 0.05) is 23.1 Å². The number of nitrogens with one attached hydrogen (secondary N) is 1. The zero-order valence-corrected chi connectivity index (χ0v) is 23.5. The highest BCUT2D eigenvalue weighted by atomic mass is 32.2. The summed E-state index contributed by atoms with van der Waals surface area (Å²) in [6, 6.07) is 10.3. The first-order valence-corrected chi connectivity index (χ1v) is 15.1. The highest BCUT2D eigenvalue weighted by molar-refractivity contribution is 8.00. The Hall–Kier alpha value is -2.14. The number of aromatic nitrogens is 4. The van der Waals surface area contributed by atoms with Crippen molar-refractivity contribution in [2.45, 2.75) is 75.5 Å². The molecule has 10 heteroatoms. The van der Waals surface area contributed by atoms with E-state index in [1.807, 2.05) is 29.5 Å². The number of rotatable bonds is 9. The smallest absolute Gasteiger partial charge is 0.230 e. The van der Waals surface area contributed by atoms with E-state index in [1.54, 1.807) is 23.1 Å². The fraction of sp³-hybridized carbons (Fsp3) is 0.462. The van der Waals surface area contributed by atoms with Crippen molar-refractivity contribution >= 4 is 56.6 Å². The summed E-state index contributed by atoms with van der Waals surface area (Å²) in [5.74, 6) is 1.22. The maximum atomic E-state index is 12.7. The van der Waals surface area contributed by atoms with Crippen molar-refractivity contribution in [3.63, 3.8) is 0 Å². The van der Waals surface area contributed by atoms with Crippen LogP contribution in [0, 0.1) is 0 Å². The Bertz CT molecular complexity index is 1380. The lowest BCUT2D eigenvalue weighted by molar-refractivity contribution is -0.119. The zero-order valence-electron chi connectivity index (χ0n) is 21.0. The van der Waals surface area contributed by atoms with E-state index in [2.05, 4.69) is 48.4 Å². The van der Waals surface area contributed by atoms with Crippen molar-refractivity contribution in [1.82, 2.24) is 24.9 Å². The summed E-state index contributed by atoms with van der Waals surface area (Å²) in [5, 5.41) is 14.9. The Morgan fingerprint density at radius 3 is 2.81 bits per heavy atom. The second-order valence-electron chi connectivity index (χ2n) is 9.74. The van der Waals surface area contributed by atoms with Crippen molar-refractivity contribution in [2.75, 3.05) is 11.5 Å². The number of thioether (sulfide) groups is 2. The van der Waals surface area contributed by atoms with Gasteiger partial charge in [0.2, 0.25) is 5.91 Å². The number of thiophene rings is 1. The molecule has 0 spiro atoms. The molecule has 36 heavy (non-hydrogen) atoms. The summed E-state index contributed by atoms with van der Waals surface area (Å²) < 4.78 is 8.10. The molecule has 4 heterocycles. The maximum absolute atomic E-state index is 12.7. The van der Waals surface area contributed by atoms with Gasteiger partial charge >= 0.3 is 0 Å². The summed E-state index contributed by atoms with van der Waals surface area (Å²) in [6.45, 7) is 9.04. The number of ether oxygens (including phenoxy) is 1. The third kappa shape index (κ3) is 5.41. The summed E-state index contributed by atoms with van der Waals surface area (Å²) in [4.78, 5) is 20.0. The van der Waals surface area contributed by atoms with Crippen LogP contribution >= 0.6 is 34.9 Å². The molecule has 1 amide bonds. The van der Waals surface area contributed by atoms with E-state index in [0.717, 1.165) is 46.0 Å². The third-order valence-electron chi connectivity index (χ3n) is 6.07. The van der Waals surface area contributed by atoms with Gasteiger partial charge in [-0.25, -0.2) is 9.38 Å². The van der Waals surface area contributed by atoms with Gasteiger partial charge in [0.05, 0.1) is 23.3 Å². The Kier molecular flexibility index (Phi) is 7.57. The second-order valence-corrected chi connectivity index (χ2v) is 12.8. The van der Waals surface area contributed by atoms with Crippen LogP contribution in [0.1, 0.15) is 50.1 Å². The lowest BCUT2D eigenvalue weighted by Gasteiger charge is -2.30. The highest BCUT2D eigenvalue weighted by Crippen LogP contribution is 2.41. The normalized spacial score (nSPS) is 15.8. The molecule has 0 bridgehead atoms. The van der Waals surface area contributed by atoms with Gasteiger partial charge in [-0.1, -0.05) is 60.8 Å². The minimum atomic E-state index is -0.222. The summed E-state index contributed by atoms with van der Waals surface area (Å²) in [5.41, 5.74) is 3.09. The number of nitrogens with zero attached hydrogens (tertiary/aromatic N) is 4. The van der Waals surface area contributed by atoms with E-state index in [4.69, 9.17) is 9.72 Å². The minimum absolute atomic E-state index is 0.0104. The molecular formula is C26H31N5O2S3. The minimum Gasteiger partial charge on any atom is -0.370 e. The molecule has 0 saturated heterocycles. The number of carbonyl (C=O) groups is 1. The van der Waals surface area contributed by atoms with Gasteiger partial charge in [-0.2, -0.15) is 0 Å². The van der Waals surface area contributed by atoms with E-state index >= 15 is 0 Å². The zero-order chi connectivity index (χ0) is 25.3. The average molecular weight is 542 g/mol. The quantitative estimate of drug-likeness (QED) is 0.220. The van der Waals surface area contributed by atoms with Crippen LogP contribution in [0.2, 0.25) is 0 Å². The van der Waals surface area contributed by atoms with Crippen LogP contribution in [-0.2, 0) is 29.0 Å². The Morgan fingerprint density at radius 2 is 2.03 bits per heavy atom. The van der Waals surface area contributed by atoms with Gasteiger partial charge in [0.15, 0.2) is 16.0 Å². The van der Waals surface area contributed by atoms with Crippen molar-refractivity contribution < 1.29 is 9.53 Å². The third-order valence-corrected chi connectivity index (χ3v) is 9.25. The Balaban J connectivity index is 1.40. The van der Waals surface area contributed by atoms with Crippen molar-refractivity contribution in [3.8, 4) is 0 Å². The number of benzene rings is 1. The first-order valence-electron chi connectivity index (χ1n) is 12.3. The van der Waals surface area contributed by atoms with E-state index in [0.29, 0.717) is 11.8 Å². The van der Waals surface area contributed by atoms with Crippen molar-refractivity contribution in [1.29, 1.82) is 0 Å². The van der Waals surface area contributed by atoms with Gasteiger partial charge < -0.3 is 10.1 Å². The molecule has 1 atom stereocenters. The van der Waals surface area contributed by atoms with Crippen LogP contribution in [0.25, 0.3) is 15.9 Å². The van der Waals surface area contributed by atoms with Crippen LogP contribution in [0.5, 0.6) is 0 Å². The molecule has 0 radical (unpaired) electrons. The predicted molar refractivity (Wildman–Crippen MR) is 148 cm³/mol. The molecule has 7 nitrogen and oxygen atoms in total. The van der Waals surface area contributed by atoms with Crippen LogP contribution < -0.4 is 5.32 Å². The SMILES string of the molecule is CCCSc1nc2sc3c(c2c2nnc(SCC(=O)N[C@H](C)Cc4ccccc4)n12)CC(C)(C)OC3. The molecule has 0 fully saturated rings. The van der Waals surface area contributed by atoms with Crippen molar-refractivity contribution in [2.24, 2.45) is 0 Å². The molecule has 0 aliphatic carbocycles. The average Bonchev–Trinajstić information content (AvgIpc) is 3.42. The van der Waals surface area contributed by atoms with Gasteiger partial charge in [-0.15, -0.1) is 21.5 Å². The predicted octanol–water partition coefficient (Wildman–Crippen LogP) is 5.53. The number of amides is 1. The van der Waals surface area contributed by atoms with Crippen LogP contribution in [-0.4, -0.2) is 48.6 Å². The first kappa shape index (κ1) is 25.5. The van der Waals surface area contributed by atoms with E-state index in [-0.39, 0.29) is 23.3 Å². The molecule has 0 saturated carbocycles. The maximum Gasteiger partial charge on any atom is 0.230 e. The molecule has 1 aliphatic rings. The van der Waals surface area contributed by atoms with E-state index in [9.17, 15) is 4.79 Å². The number of hydrogen-bond donors (Lipinski definition) is 1. The fourth-order valence-corrected chi connectivity index (χ4v) is 7.24. The Labute approximate surface area is 223 Å². The largest absolute Gasteiger partial charge is 0.370 e. The van der Waals surface area contributed by atoms with Crippen LogP contribution in [0.3, 0.4) is 0 Å². The summed E-state index contributed by atoms with van der Waals surface area (Å²) in [7, 11) is 0. The monoisotopic (exact) mass is 541 g/mol. The van der Waals surface area contributed by atoms with Gasteiger partial charge in [-0.3, -0.25) is 4.79 Å². The van der Waals surface area contributed by atoms with Crippen molar-refractivity contribution in [3.05, 3.63) is 46.3 Å². The molecule has 3 aromatic heterocycles. The molecule has 1 N–H and O–H groups in total. The number of hydrogen-bond acceptors (Lipinski definition) is 8. The van der Waals surface area contributed by atoms with E-state index in [1.165, 1.54) is 27.8 Å². The molecule has 1 aliphatic heterocycles. The molecule has 0 unspecified atom stereocenters. The topological polar surface area (TPSA) is 81.4 Å². The molecule has 190 valence electrons. The van der Waals surface area contributed by atoms with Gasteiger partial charge in [0.1, 0.15) is 4.83 Å². The lowest BCUT2D eigenvalue weighted by atomic mass is 9.94. The van der Waals surface area contributed by atoms with Crippen LogP contribution in [0.4, 0.5) is 0 Å². The fourth-order valence-electron chi connectivity index (χ4n) is 4.44. The van der Waals surface area contributed by atoms with Gasteiger partial charge in [-0.05, 0) is 44.7 Å². The summed E-state index contributed by atoms with van der Waals surface area (Å²) >= 11 is 4.82. The standard InChI is InChI=1S/C26H31N5O2S3/c1-5-11-34-24-28-23-21(18-13-26(3,4)33-14-19(18)36-23)22-29-30-25(31(22)24)35-15-20(32)27-16(2)12-17-9-7-6-8-10-17/h6-10,16H,5,11-15H2,1-4H3,(H,27,32)/t16-/m1/s1. The molecular weight excluding hydrogens is 511 g/mol. The molecule has 4 aromatic rings. The Morgan fingerprint density at radius 1 is 1.22 bits per heavy atom. The van der Waals surface area contributed by atoms with Gasteiger partial charge in [0.25, 0.3) is 0 Å². The molecule has 1 aromatic carbocycles. The number of fused-ring (bicyclic) bond motifs is 5. The number of carbonyl (C=O) groups excluding carboxylic acids is 1. The second kappa shape index (κ2) is 10.7.